The number of rotatable bonds is 4. The summed E-state index contributed by atoms with van der Waals surface area (Å²) in [7, 11) is 1.61. The predicted molar refractivity (Wildman–Crippen MR) is 145 cm³/mol. The number of aliphatic imine (C=N–C) groups is 1. The van der Waals surface area contributed by atoms with Gasteiger partial charge in [0.2, 0.25) is 0 Å². The van der Waals surface area contributed by atoms with Crippen LogP contribution in [0.25, 0.3) is 0 Å². The van der Waals surface area contributed by atoms with Crippen LogP contribution in [-0.2, 0) is 6.42 Å². The molecule has 2 heterocycles. The Kier molecular flexibility index (Phi) is 6.79. The van der Waals surface area contributed by atoms with Gasteiger partial charge in [-0.05, 0) is 73.4 Å². The van der Waals surface area contributed by atoms with Crippen molar-refractivity contribution in [1.82, 2.24) is 5.43 Å². The molecule has 8 heteroatoms. The van der Waals surface area contributed by atoms with E-state index in [-0.39, 0.29) is 10.5 Å². The molecule has 0 saturated heterocycles. The number of benzene rings is 3. The number of hydrogen-bond donors (Lipinski definition) is 1. The van der Waals surface area contributed by atoms with E-state index in [1.165, 1.54) is 17.3 Å². The average Bonchev–Trinajstić information content (AvgIpc) is 2.87. The molecule has 35 heavy (non-hydrogen) atoms. The van der Waals surface area contributed by atoms with Gasteiger partial charge in [0.1, 0.15) is 11.6 Å². The van der Waals surface area contributed by atoms with Crippen molar-refractivity contribution in [3.8, 4) is 5.75 Å². The van der Waals surface area contributed by atoms with E-state index in [0.717, 1.165) is 53.4 Å². The maximum atomic E-state index is 11.7. The number of fused-ring (bicyclic) bond motifs is 1. The van der Waals surface area contributed by atoms with E-state index in [1.807, 2.05) is 55.5 Å². The van der Waals surface area contributed by atoms with Gasteiger partial charge in [-0.1, -0.05) is 47.6 Å². The molecule has 1 atom stereocenters. The number of methoxy groups -OCH3 is 1. The topological polar surface area (TPSA) is 66.3 Å². The van der Waals surface area contributed by atoms with Gasteiger partial charge in [-0.3, -0.25) is 4.79 Å². The van der Waals surface area contributed by atoms with E-state index in [2.05, 4.69) is 33.6 Å². The number of aryl methyl sites for hydroxylation is 1. The Morgan fingerprint density at radius 3 is 2.74 bits per heavy atom. The molecule has 1 amide bonds. The Morgan fingerprint density at radius 1 is 1.17 bits per heavy atom. The first-order valence-corrected chi connectivity index (χ1v) is 12.7. The van der Waals surface area contributed by atoms with Crippen molar-refractivity contribution in [2.45, 2.75) is 25.0 Å². The molecule has 3 aromatic rings. The standard InChI is InChI=1S/C27H25ClN4O2S/c1-17-25(30-31-27(33)35-17)19-10-12-23-18(15-19)7-6-14-32(23)26(29-21-8-4-3-5-9-21)20-11-13-24(34-2)22(28)16-20/h3-5,8-13,15-17H,6-7,14H2,1-2H3,(H,31,33). The summed E-state index contributed by atoms with van der Waals surface area (Å²) in [5.41, 5.74) is 8.63. The van der Waals surface area contributed by atoms with Gasteiger partial charge in [0.25, 0.3) is 5.24 Å². The van der Waals surface area contributed by atoms with Crippen molar-refractivity contribution in [1.29, 1.82) is 0 Å². The van der Waals surface area contributed by atoms with Gasteiger partial charge >= 0.3 is 0 Å². The summed E-state index contributed by atoms with van der Waals surface area (Å²) in [5.74, 6) is 1.46. The van der Waals surface area contributed by atoms with Gasteiger partial charge in [0, 0.05) is 17.8 Å². The summed E-state index contributed by atoms with van der Waals surface area (Å²) in [4.78, 5) is 19.0. The van der Waals surface area contributed by atoms with Crippen molar-refractivity contribution in [3.63, 3.8) is 0 Å². The molecule has 2 aliphatic heterocycles. The molecule has 2 aliphatic rings. The largest absolute Gasteiger partial charge is 0.495 e. The van der Waals surface area contributed by atoms with Crippen LogP contribution in [0.4, 0.5) is 16.2 Å². The second-order valence-corrected chi connectivity index (χ2v) is 10.1. The smallest absolute Gasteiger partial charge is 0.299 e. The molecule has 3 aromatic carbocycles. The summed E-state index contributed by atoms with van der Waals surface area (Å²) in [6.07, 6.45) is 1.95. The first-order chi connectivity index (χ1) is 17.0. The number of carbonyl (C=O) groups is 1. The molecular formula is C27H25ClN4O2S. The lowest BCUT2D eigenvalue weighted by Gasteiger charge is -2.33. The number of anilines is 1. The van der Waals surface area contributed by atoms with Gasteiger partial charge in [-0.25, -0.2) is 10.4 Å². The fourth-order valence-corrected chi connectivity index (χ4v) is 5.40. The van der Waals surface area contributed by atoms with Crippen LogP contribution >= 0.6 is 23.4 Å². The molecule has 1 unspecified atom stereocenters. The maximum absolute atomic E-state index is 11.7. The van der Waals surface area contributed by atoms with Crippen LogP contribution in [0.2, 0.25) is 5.02 Å². The third-order valence-corrected chi connectivity index (χ3v) is 7.26. The summed E-state index contributed by atoms with van der Waals surface area (Å²) in [6, 6.07) is 22.1. The van der Waals surface area contributed by atoms with Crippen molar-refractivity contribution >= 4 is 51.5 Å². The zero-order valence-electron chi connectivity index (χ0n) is 19.5. The first-order valence-electron chi connectivity index (χ1n) is 11.5. The quantitative estimate of drug-likeness (QED) is 0.328. The van der Waals surface area contributed by atoms with Crippen LogP contribution < -0.4 is 15.1 Å². The molecule has 0 spiro atoms. The van der Waals surface area contributed by atoms with Crippen LogP contribution in [0.15, 0.2) is 76.8 Å². The fraction of sp³-hybridized carbons (Fsp3) is 0.222. The molecule has 1 N–H and O–H groups in total. The maximum Gasteiger partial charge on any atom is 0.299 e. The van der Waals surface area contributed by atoms with E-state index in [1.54, 1.807) is 7.11 Å². The summed E-state index contributed by atoms with van der Waals surface area (Å²) in [6.45, 7) is 2.84. The SMILES string of the molecule is COc1ccc(C(=Nc2ccccc2)N2CCCc3cc(C4=NNC(=O)SC4C)ccc32)cc1Cl. The third-order valence-electron chi connectivity index (χ3n) is 6.09. The highest BCUT2D eigenvalue weighted by Gasteiger charge is 2.26. The highest BCUT2D eigenvalue weighted by atomic mass is 35.5. The molecular weight excluding hydrogens is 480 g/mol. The van der Waals surface area contributed by atoms with E-state index in [4.69, 9.17) is 21.3 Å². The second-order valence-electron chi connectivity index (χ2n) is 8.38. The van der Waals surface area contributed by atoms with Crippen molar-refractivity contribution in [2.24, 2.45) is 10.1 Å². The number of carbonyl (C=O) groups excluding carboxylic acids is 1. The Labute approximate surface area is 214 Å². The van der Waals surface area contributed by atoms with E-state index >= 15 is 0 Å². The van der Waals surface area contributed by atoms with E-state index in [9.17, 15) is 4.79 Å². The number of amides is 1. The Bertz CT molecular complexity index is 1330. The highest BCUT2D eigenvalue weighted by molar-refractivity contribution is 8.14. The van der Waals surface area contributed by atoms with E-state index < -0.39 is 0 Å². The first kappa shape index (κ1) is 23.5. The highest BCUT2D eigenvalue weighted by Crippen LogP contribution is 2.34. The van der Waals surface area contributed by atoms with E-state index in [0.29, 0.717) is 10.8 Å². The number of nitrogens with zero attached hydrogens (tertiary/aromatic N) is 3. The monoisotopic (exact) mass is 504 g/mol. The van der Waals surface area contributed by atoms with Crippen LogP contribution in [0.1, 0.15) is 30.0 Å². The lowest BCUT2D eigenvalue weighted by atomic mass is 9.96. The van der Waals surface area contributed by atoms with Crippen LogP contribution in [0, 0.1) is 0 Å². The minimum atomic E-state index is -0.120. The molecule has 0 aliphatic carbocycles. The third kappa shape index (κ3) is 4.92. The summed E-state index contributed by atoms with van der Waals surface area (Å²) in [5, 5.41) is 4.75. The fourth-order valence-electron chi connectivity index (χ4n) is 4.43. The Hall–Kier alpha value is -3.29. The van der Waals surface area contributed by atoms with Crippen LogP contribution in [-0.4, -0.2) is 35.7 Å². The lowest BCUT2D eigenvalue weighted by molar-refractivity contribution is 0.261. The Balaban J connectivity index is 1.58. The lowest BCUT2D eigenvalue weighted by Crippen LogP contribution is -2.36. The van der Waals surface area contributed by atoms with Crippen molar-refractivity contribution in [3.05, 3.63) is 88.4 Å². The molecule has 0 saturated carbocycles. The summed E-state index contributed by atoms with van der Waals surface area (Å²) >= 11 is 7.76. The van der Waals surface area contributed by atoms with Gasteiger partial charge in [0.05, 0.1) is 28.8 Å². The number of nitrogens with one attached hydrogen (secondary N) is 1. The van der Waals surface area contributed by atoms with Gasteiger partial charge in [0.15, 0.2) is 0 Å². The van der Waals surface area contributed by atoms with Gasteiger partial charge < -0.3 is 9.64 Å². The number of hydrogen-bond acceptors (Lipinski definition) is 5. The number of thioether (sulfide) groups is 1. The minimum absolute atomic E-state index is 0.00172. The molecule has 0 bridgehead atoms. The number of amidine groups is 1. The molecule has 5 rings (SSSR count). The average molecular weight is 505 g/mol. The minimum Gasteiger partial charge on any atom is -0.495 e. The van der Waals surface area contributed by atoms with Crippen LogP contribution in [0.3, 0.4) is 0 Å². The second kappa shape index (κ2) is 10.1. The van der Waals surface area contributed by atoms with Gasteiger partial charge in [-0.15, -0.1) is 0 Å². The Morgan fingerprint density at radius 2 is 2.00 bits per heavy atom. The molecule has 6 nitrogen and oxygen atoms in total. The molecule has 0 aromatic heterocycles. The number of para-hydroxylation sites is 1. The molecule has 0 radical (unpaired) electrons. The number of hydrazone groups is 1. The van der Waals surface area contributed by atoms with Crippen molar-refractivity contribution < 1.29 is 9.53 Å². The van der Waals surface area contributed by atoms with Gasteiger partial charge in [-0.2, -0.15) is 5.10 Å². The molecule has 0 fully saturated rings. The molecule has 178 valence electrons. The van der Waals surface area contributed by atoms with Crippen LogP contribution in [0.5, 0.6) is 5.75 Å². The normalized spacial score (nSPS) is 18.0. The van der Waals surface area contributed by atoms with Crippen molar-refractivity contribution in [2.75, 3.05) is 18.6 Å². The predicted octanol–water partition coefficient (Wildman–Crippen LogP) is 6.43. The summed E-state index contributed by atoms with van der Waals surface area (Å²) < 4.78 is 5.36. The zero-order chi connectivity index (χ0) is 24.4. The number of ether oxygens (including phenoxy) is 1. The zero-order valence-corrected chi connectivity index (χ0v) is 21.1. The number of halogens is 1.